The molecular weight excluding hydrogens is 402 g/mol. The standard InChI is InChI=1S/C21H21N5O5/c1-3-24(20(28)15-9-10-16(26(30)31)13(2)11-15)17-18(22)25(21(29)23-19(17)27)12-14-7-5-4-6-8-14/h4-11H,3,12,22H2,1-2H3,(H,23,27,29). The van der Waals surface area contributed by atoms with E-state index in [0.717, 1.165) is 10.5 Å². The highest BCUT2D eigenvalue weighted by atomic mass is 16.6. The Morgan fingerprint density at radius 2 is 1.87 bits per heavy atom. The fourth-order valence-electron chi connectivity index (χ4n) is 3.31. The van der Waals surface area contributed by atoms with E-state index in [-0.39, 0.29) is 35.8 Å². The first-order chi connectivity index (χ1) is 14.7. The summed E-state index contributed by atoms with van der Waals surface area (Å²) in [4.78, 5) is 51.9. The minimum atomic E-state index is -0.791. The van der Waals surface area contributed by atoms with Gasteiger partial charge in [0.1, 0.15) is 5.82 Å². The smallest absolute Gasteiger partial charge is 0.330 e. The quantitative estimate of drug-likeness (QED) is 0.459. The molecule has 0 atom stereocenters. The van der Waals surface area contributed by atoms with Crippen LogP contribution in [0.3, 0.4) is 0 Å². The van der Waals surface area contributed by atoms with Gasteiger partial charge in [0.2, 0.25) is 0 Å². The molecule has 0 aliphatic rings. The van der Waals surface area contributed by atoms with Gasteiger partial charge in [-0.15, -0.1) is 0 Å². The zero-order chi connectivity index (χ0) is 22.7. The Hall–Kier alpha value is -4.21. The van der Waals surface area contributed by atoms with Gasteiger partial charge in [0, 0.05) is 23.7 Å². The number of carbonyl (C=O) groups is 1. The lowest BCUT2D eigenvalue weighted by molar-refractivity contribution is -0.385. The third-order valence-electron chi connectivity index (χ3n) is 4.87. The first-order valence-electron chi connectivity index (χ1n) is 9.48. The second kappa shape index (κ2) is 8.66. The van der Waals surface area contributed by atoms with Gasteiger partial charge < -0.3 is 10.6 Å². The number of nitro groups is 1. The van der Waals surface area contributed by atoms with Gasteiger partial charge >= 0.3 is 5.69 Å². The molecule has 0 radical (unpaired) electrons. The monoisotopic (exact) mass is 423 g/mol. The molecule has 0 saturated carbocycles. The highest BCUT2D eigenvalue weighted by molar-refractivity contribution is 6.07. The van der Waals surface area contributed by atoms with Crippen molar-refractivity contribution in [1.82, 2.24) is 9.55 Å². The molecule has 3 aromatic rings. The molecule has 31 heavy (non-hydrogen) atoms. The minimum Gasteiger partial charge on any atom is -0.383 e. The van der Waals surface area contributed by atoms with Gasteiger partial charge in [-0.2, -0.15) is 0 Å². The van der Waals surface area contributed by atoms with Crippen LogP contribution in [0.1, 0.15) is 28.4 Å². The first-order valence-corrected chi connectivity index (χ1v) is 9.48. The van der Waals surface area contributed by atoms with Crippen molar-refractivity contribution >= 4 is 23.1 Å². The van der Waals surface area contributed by atoms with Crippen LogP contribution in [0.25, 0.3) is 0 Å². The van der Waals surface area contributed by atoms with E-state index in [1.165, 1.54) is 29.7 Å². The highest BCUT2D eigenvalue weighted by Crippen LogP contribution is 2.23. The van der Waals surface area contributed by atoms with Gasteiger partial charge in [0.05, 0.1) is 11.5 Å². The molecule has 1 aromatic heterocycles. The van der Waals surface area contributed by atoms with E-state index >= 15 is 0 Å². The molecule has 0 fully saturated rings. The number of aromatic nitrogens is 2. The summed E-state index contributed by atoms with van der Waals surface area (Å²) in [6.07, 6.45) is 0. The predicted molar refractivity (Wildman–Crippen MR) is 116 cm³/mol. The Balaban J connectivity index is 2.07. The number of nitrogens with two attached hydrogens (primary N) is 1. The van der Waals surface area contributed by atoms with E-state index in [4.69, 9.17) is 5.73 Å². The van der Waals surface area contributed by atoms with E-state index in [2.05, 4.69) is 4.98 Å². The molecule has 0 saturated heterocycles. The van der Waals surface area contributed by atoms with Gasteiger partial charge in [-0.3, -0.25) is 29.3 Å². The largest absolute Gasteiger partial charge is 0.383 e. The van der Waals surface area contributed by atoms with Crippen molar-refractivity contribution in [3.63, 3.8) is 0 Å². The maximum atomic E-state index is 13.1. The van der Waals surface area contributed by atoms with E-state index in [9.17, 15) is 24.5 Å². The summed E-state index contributed by atoms with van der Waals surface area (Å²) in [5, 5.41) is 11.0. The molecule has 1 amide bonds. The fourth-order valence-corrected chi connectivity index (χ4v) is 3.31. The molecule has 10 heteroatoms. The van der Waals surface area contributed by atoms with E-state index in [0.29, 0.717) is 5.56 Å². The molecule has 1 heterocycles. The SMILES string of the molecule is CCN(C(=O)c1ccc([N+](=O)[O-])c(C)c1)c1c(N)n(Cc2ccccc2)c(=O)[nH]c1=O. The summed E-state index contributed by atoms with van der Waals surface area (Å²) in [5.41, 5.74) is 5.68. The van der Waals surface area contributed by atoms with Gasteiger partial charge in [-0.1, -0.05) is 30.3 Å². The number of benzene rings is 2. The number of amides is 1. The van der Waals surface area contributed by atoms with Crippen molar-refractivity contribution in [3.8, 4) is 0 Å². The molecular formula is C21H21N5O5. The average Bonchev–Trinajstić information content (AvgIpc) is 2.74. The van der Waals surface area contributed by atoms with Crippen LogP contribution in [0.4, 0.5) is 17.2 Å². The molecule has 3 N–H and O–H groups in total. The van der Waals surface area contributed by atoms with E-state index in [1.54, 1.807) is 19.1 Å². The number of aryl methyl sites for hydroxylation is 1. The topological polar surface area (TPSA) is 144 Å². The molecule has 3 rings (SSSR count). The van der Waals surface area contributed by atoms with Gasteiger partial charge in [0.15, 0.2) is 5.69 Å². The van der Waals surface area contributed by atoms with Crippen molar-refractivity contribution in [1.29, 1.82) is 0 Å². The van der Waals surface area contributed by atoms with Crippen molar-refractivity contribution in [2.75, 3.05) is 17.2 Å². The maximum absolute atomic E-state index is 13.1. The summed E-state index contributed by atoms with van der Waals surface area (Å²) in [6, 6.07) is 13.0. The second-order valence-electron chi connectivity index (χ2n) is 6.87. The third-order valence-corrected chi connectivity index (χ3v) is 4.87. The average molecular weight is 423 g/mol. The van der Waals surface area contributed by atoms with Crippen LogP contribution in [0, 0.1) is 17.0 Å². The number of aromatic amines is 1. The van der Waals surface area contributed by atoms with Crippen LogP contribution >= 0.6 is 0 Å². The minimum absolute atomic E-state index is 0.0890. The first kappa shape index (κ1) is 21.5. The number of carbonyl (C=O) groups excluding carboxylic acids is 1. The van der Waals surface area contributed by atoms with Gasteiger partial charge in [-0.05, 0) is 31.5 Å². The van der Waals surface area contributed by atoms with Crippen LogP contribution in [0.5, 0.6) is 0 Å². The van der Waals surface area contributed by atoms with Crippen LogP contribution < -0.4 is 21.9 Å². The summed E-state index contributed by atoms with van der Waals surface area (Å²) in [7, 11) is 0. The summed E-state index contributed by atoms with van der Waals surface area (Å²) >= 11 is 0. The number of H-pyrrole nitrogens is 1. The Kier molecular flexibility index (Phi) is 6.00. The molecule has 0 spiro atoms. The number of nitrogens with one attached hydrogen (secondary N) is 1. The maximum Gasteiger partial charge on any atom is 0.330 e. The molecule has 0 aliphatic carbocycles. The molecule has 10 nitrogen and oxygen atoms in total. The van der Waals surface area contributed by atoms with E-state index < -0.39 is 22.1 Å². The summed E-state index contributed by atoms with van der Waals surface area (Å²) < 4.78 is 1.18. The molecule has 0 aliphatic heterocycles. The lowest BCUT2D eigenvalue weighted by atomic mass is 10.1. The van der Waals surface area contributed by atoms with E-state index in [1.807, 2.05) is 18.2 Å². The van der Waals surface area contributed by atoms with Crippen molar-refractivity contribution in [2.24, 2.45) is 0 Å². The third kappa shape index (κ3) is 4.22. The highest BCUT2D eigenvalue weighted by Gasteiger charge is 2.25. The zero-order valence-corrected chi connectivity index (χ0v) is 17.0. The van der Waals surface area contributed by atoms with Crippen LogP contribution in [-0.4, -0.2) is 26.9 Å². The lowest BCUT2D eigenvalue weighted by Crippen LogP contribution is -2.41. The number of nitrogens with zero attached hydrogens (tertiary/aromatic N) is 3. The molecule has 0 bridgehead atoms. The molecule has 0 unspecified atom stereocenters. The van der Waals surface area contributed by atoms with Crippen LogP contribution in [0.15, 0.2) is 58.1 Å². The van der Waals surface area contributed by atoms with Crippen molar-refractivity contribution < 1.29 is 9.72 Å². The number of rotatable bonds is 6. The second-order valence-corrected chi connectivity index (χ2v) is 6.87. The number of hydrogen-bond donors (Lipinski definition) is 2. The molecule has 2 aromatic carbocycles. The number of hydrogen-bond acceptors (Lipinski definition) is 6. The number of anilines is 2. The molecule has 160 valence electrons. The fraction of sp³-hybridized carbons (Fsp3) is 0.190. The summed E-state index contributed by atoms with van der Waals surface area (Å²) in [6.45, 7) is 3.37. The van der Waals surface area contributed by atoms with Crippen LogP contribution in [0.2, 0.25) is 0 Å². The normalized spacial score (nSPS) is 10.6. The van der Waals surface area contributed by atoms with Crippen molar-refractivity contribution in [3.05, 3.63) is 96.2 Å². The van der Waals surface area contributed by atoms with Crippen molar-refractivity contribution in [2.45, 2.75) is 20.4 Å². The summed E-state index contributed by atoms with van der Waals surface area (Å²) in [5.74, 6) is -0.714. The Bertz CT molecular complexity index is 1260. The zero-order valence-electron chi connectivity index (χ0n) is 17.0. The Morgan fingerprint density at radius 3 is 2.45 bits per heavy atom. The number of nitrogen functional groups attached to an aromatic ring is 1. The van der Waals surface area contributed by atoms with Gasteiger partial charge in [-0.25, -0.2) is 4.79 Å². The Morgan fingerprint density at radius 1 is 1.19 bits per heavy atom. The van der Waals surface area contributed by atoms with Gasteiger partial charge in [0.25, 0.3) is 17.2 Å². The predicted octanol–water partition coefficient (Wildman–Crippen LogP) is 2.05. The lowest BCUT2D eigenvalue weighted by Gasteiger charge is -2.23. The number of nitro benzene ring substituents is 1. The Labute approximate surface area is 176 Å². The van der Waals surface area contributed by atoms with Crippen LogP contribution in [-0.2, 0) is 6.54 Å².